The third-order valence-electron chi connectivity index (χ3n) is 2.65. The van der Waals surface area contributed by atoms with Gasteiger partial charge in [-0.1, -0.05) is 19.1 Å². The number of hydrogen-bond acceptors (Lipinski definition) is 3. The number of aliphatic hydroxyl groups excluding tert-OH is 1. The summed E-state index contributed by atoms with van der Waals surface area (Å²) in [5.74, 6) is 1.19. The first-order chi connectivity index (χ1) is 8.17. The van der Waals surface area contributed by atoms with E-state index >= 15 is 0 Å². The monoisotopic (exact) mass is 238 g/mol. The van der Waals surface area contributed by atoms with Crippen molar-refractivity contribution in [2.24, 2.45) is 5.92 Å². The van der Waals surface area contributed by atoms with Crippen LogP contribution in [-0.4, -0.2) is 25.4 Å². The molecule has 0 spiro atoms. The van der Waals surface area contributed by atoms with Crippen LogP contribution in [0.25, 0.3) is 0 Å². The molecule has 1 aromatic carbocycles. The van der Waals surface area contributed by atoms with E-state index in [1.807, 2.05) is 31.2 Å². The fourth-order valence-corrected chi connectivity index (χ4v) is 1.82. The quantitative estimate of drug-likeness (QED) is 0.794. The van der Waals surface area contributed by atoms with E-state index in [1.54, 1.807) is 7.11 Å². The van der Waals surface area contributed by atoms with Crippen molar-refractivity contribution < 1.29 is 14.6 Å². The third kappa shape index (κ3) is 4.75. The van der Waals surface area contributed by atoms with Crippen molar-refractivity contribution in [2.45, 2.75) is 26.4 Å². The van der Waals surface area contributed by atoms with Crippen LogP contribution >= 0.6 is 0 Å². The van der Waals surface area contributed by atoms with E-state index < -0.39 is 6.10 Å². The highest BCUT2D eigenvalue weighted by Crippen LogP contribution is 2.23. The molecule has 3 nitrogen and oxygen atoms in total. The molecular formula is C14H22O3. The number of aliphatic hydroxyl groups is 1. The average molecular weight is 238 g/mol. The Bertz CT molecular complexity index is 308. The van der Waals surface area contributed by atoms with E-state index in [0.29, 0.717) is 25.6 Å². The molecule has 1 N–H and O–H groups in total. The van der Waals surface area contributed by atoms with Gasteiger partial charge in [0.15, 0.2) is 0 Å². The van der Waals surface area contributed by atoms with E-state index in [-0.39, 0.29) is 0 Å². The normalized spacial score (nSPS) is 14.4. The van der Waals surface area contributed by atoms with Crippen molar-refractivity contribution in [3.05, 3.63) is 29.8 Å². The summed E-state index contributed by atoms with van der Waals surface area (Å²) in [6.45, 7) is 5.36. The second-order valence-corrected chi connectivity index (χ2v) is 4.31. The van der Waals surface area contributed by atoms with Gasteiger partial charge in [0.25, 0.3) is 0 Å². The Morgan fingerprint density at radius 2 is 1.88 bits per heavy atom. The lowest BCUT2D eigenvalue weighted by Gasteiger charge is -2.16. The molecule has 1 aromatic rings. The van der Waals surface area contributed by atoms with E-state index in [4.69, 9.17) is 9.47 Å². The topological polar surface area (TPSA) is 38.7 Å². The van der Waals surface area contributed by atoms with Crippen molar-refractivity contribution in [2.75, 3.05) is 20.3 Å². The van der Waals surface area contributed by atoms with Crippen molar-refractivity contribution in [3.8, 4) is 5.75 Å². The molecule has 0 bridgehead atoms. The van der Waals surface area contributed by atoms with Gasteiger partial charge in [-0.15, -0.1) is 0 Å². The Morgan fingerprint density at radius 3 is 2.41 bits per heavy atom. The highest BCUT2D eigenvalue weighted by Gasteiger charge is 2.12. The van der Waals surface area contributed by atoms with Gasteiger partial charge >= 0.3 is 0 Å². The zero-order valence-corrected chi connectivity index (χ0v) is 10.8. The van der Waals surface area contributed by atoms with Crippen LogP contribution in [0.2, 0.25) is 0 Å². The fourth-order valence-electron chi connectivity index (χ4n) is 1.82. The van der Waals surface area contributed by atoms with Gasteiger partial charge < -0.3 is 14.6 Å². The molecule has 96 valence electrons. The molecule has 0 amide bonds. The van der Waals surface area contributed by atoms with Crippen LogP contribution < -0.4 is 4.74 Å². The molecule has 0 fully saturated rings. The molecular weight excluding hydrogens is 216 g/mol. The summed E-state index contributed by atoms with van der Waals surface area (Å²) in [4.78, 5) is 0. The van der Waals surface area contributed by atoms with Gasteiger partial charge in [-0.3, -0.25) is 0 Å². The van der Waals surface area contributed by atoms with Crippen LogP contribution in [0.3, 0.4) is 0 Å². The minimum Gasteiger partial charge on any atom is -0.494 e. The highest BCUT2D eigenvalue weighted by atomic mass is 16.5. The first kappa shape index (κ1) is 14.0. The molecule has 0 aliphatic carbocycles. The van der Waals surface area contributed by atoms with Crippen molar-refractivity contribution in [1.29, 1.82) is 0 Å². The van der Waals surface area contributed by atoms with Crippen molar-refractivity contribution >= 4 is 0 Å². The molecule has 2 atom stereocenters. The molecule has 3 heteroatoms. The summed E-state index contributed by atoms with van der Waals surface area (Å²) in [6, 6.07) is 7.61. The Balaban J connectivity index is 2.53. The summed E-state index contributed by atoms with van der Waals surface area (Å²) >= 11 is 0. The predicted molar refractivity (Wildman–Crippen MR) is 68.2 cm³/mol. The predicted octanol–water partition coefficient (Wildman–Crippen LogP) is 2.79. The summed E-state index contributed by atoms with van der Waals surface area (Å²) in [6.07, 6.45) is 0.276. The largest absolute Gasteiger partial charge is 0.494 e. The smallest absolute Gasteiger partial charge is 0.119 e. The van der Waals surface area contributed by atoms with Crippen LogP contribution in [0.4, 0.5) is 0 Å². The lowest BCUT2D eigenvalue weighted by atomic mass is 9.99. The first-order valence-corrected chi connectivity index (χ1v) is 6.07. The van der Waals surface area contributed by atoms with Crippen LogP contribution in [0.1, 0.15) is 31.9 Å². The summed E-state index contributed by atoms with van der Waals surface area (Å²) in [5, 5.41) is 10.0. The second-order valence-electron chi connectivity index (χ2n) is 4.31. The molecule has 0 saturated carbocycles. The molecule has 0 radical (unpaired) electrons. The van der Waals surface area contributed by atoms with Crippen LogP contribution in [0.15, 0.2) is 24.3 Å². The Kier molecular flexibility index (Phi) is 6.01. The third-order valence-corrected chi connectivity index (χ3v) is 2.65. The molecule has 0 aliphatic rings. The fraction of sp³-hybridized carbons (Fsp3) is 0.571. The first-order valence-electron chi connectivity index (χ1n) is 6.07. The number of hydrogen-bond donors (Lipinski definition) is 1. The SMILES string of the molecule is CCOc1ccc(C(O)CC(C)COC)cc1. The van der Waals surface area contributed by atoms with Crippen LogP contribution in [0.5, 0.6) is 5.75 Å². The molecule has 0 heterocycles. The van der Waals surface area contributed by atoms with Gasteiger partial charge in [-0.25, -0.2) is 0 Å². The zero-order chi connectivity index (χ0) is 12.7. The zero-order valence-electron chi connectivity index (χ0n) is 10.8. The molecule has 17 heavy (non-hydrogen) atoms. The van der Waals surface area contributed by atoms with Gasteiger partial charge in [-0.05, 0) is 37.0 Å². The van der Waals surface area contributed by atoms with E-state index in [2.05, 4.69) is 6.92 Å². The standard InChI is InChI=1S/C14H22O3/c1-4-17-13-7-5-12(6-8-13)14(15)9-11(2)10-16-3/h5-8,11,14-15H,4,9-10H2,1-3H3. The van der Waals surface area contributed by atoms with Gasteiger partial charge in [-0.2, -0.15) is 0 Å². The molecule has 0 aliphatic heterocycles. The number of benzene rings is 1. The van der Waals surface area contributed by atoms with Gasteiger partial charge in [0.2, 0.25) is 0 Å². The molecule has 1 rings (SSSR count). The maximum Gasteiger partial charge on any atom is 0.119 e. The number of ether oxygens (including phenoxy) is 2. The van der Waals surface area contributed by atoms with Crippen LogP contribution in [0, 0.1) is 5.92 Å². The minimum absolute atomic E-state index is 0.349. The van der Waals surface area contributed by atoms with Crippen molar-refractivity contribution in [3.63, 3.8) is 0 Å². The molecule has 0 saturated heterocycles. The van der Waals surface area contributed by atoms with E-state index in [9.17, 15) is 5.11 Å². The number of rotatable bonds is 7. The second kappa shape index (κ2) is 7.30. The lowest BCUT2D eigenvalue weighted by Crippen LogP contribution is -2.09. The van der Waals surface area contributed by atoms with E-state index in [1.165, 1.54) is 0 Å². The van der Waals surface area contributed by atoms with E-state index in [0.717, 1.165) is 11.3 Å². The maximum atomic E-state index is 10.0. The lowest BCUT2D eigenvalue weighted by molar-refractivity contribution is 0.102. The average Bonchev–Trinajstić information content (AvgIpc) is 2.30. The van der Waals surface area contributed by atoms with Gasteiger partial charge in [0.1, 0.15) is 5.75 Å². The van der Waals surface area contributed by atoms with Gasteiger partial charge in [0, 0.05) is 13.7 Å². The maximum absolute atomic E-state index is 10.0. The Hall–Kier alpha value is -1.06. The Morgan fingerprint density at radius 1 is 1.24 bits per heavy atom. The van der Waals surface area contributed by atoms with Crippen molar-refractivity contribution in [1.82, 2.24) is 0 Å². The van der Waals surface area contributed by atoms with Gasteiger partial charge in [0.05, 0.1) is 12.7 Å². The summed E-state index contributed by atoms with van der Waals surface area (Å²) in [7, 11) is 1.68. The summed E-state index contributed by atoms with van der Waals surface area (Å²) < 4.78 is 10.4. The highest BCUT2D eigenvalue weighted by molar-refractivity contribution is 5.28. The molecule has 0 aromatic heterocycles. The Labute approximate surface area is 103 Å². The summed E-state index contributed by atoms with van der Waals surface area (Å²) in [5.41, 5.74) is 0.927. The van der Waals surface area contributed by atoms with Crippen LogP contribution in [-0.2, 0) is 4.74 Å². The molecule has 2 unspecified atom stereocenters. The minimum atomic E-state index is -0.434. The number of methoxy groups -OCH3 is 1.